The third-order valence-corrected chi connectivity index (χ3v) is 5.40. The largest absolute Gasteiger partial charge is 0.492 e. The lowest BCUT2D eigenvalue weighted by molar-refractivity contribution is -0.126. The lowest BCUT2D eigenvalue weighted by atomic mass is 9.95. The molecule has 1 aliphatic heterocycles. The van der Waals surface area contributed by atoms with E-state index in [0.717, 1.165) is 11.1 Å². The molecule has 158 valence electrons. The zero-order valence-electron chi connectivity index (χ0n) is 17.2. The second-order valence-corrected chi connectivity index (χ2v) is 7.61. The number of carbonyl (C=O) groups is 2. The first-order valence-electron chi connectivity index (χ1n) is 10.1. The Morgan fingerprint density at radius 1 is 1.06 bits per heavy atom. The normalized spacial score (nSPS) is 14.8. The molecule has 31 heavy (non-hydrogen) atoms. The number of rotatable bonds is 5. The summed E-state index contributed by atoms with van der Waals surface area (Å²) < 4.78 is 19.5. The summed E-state index contributed by atoms with van der Waals surface area (Å²) in [6, 6.07) is 19.2. The van der Waals surface area contributed by atoms with Crippen LogP contribution in [0.3, 0.4) is 0 Å². The van der Waals surface area contributed by atoms with Gasteiger partial charge in [-0.1, -0.05) is 36.4 Å². The van der Waals surface area contributed by atoms with Crippen LogP contribution in [0, 0.1) is 18.7 Å². The molecule has 3 aromatic carbocycles. The second-order valence-electron chi connectivity index (χ2n) is 7.61. The zero-order valence-corrected chi connectivity index (χ0v) is 17.2. The molecule has 2 N–H and O–H groups in total. The number of hydrogen-bond donors (Lipinski definition) is 2. The van der Waals surface area contributed by atoms with Gasteiger partial charge in [-0.3, -0.25) is 9.59 Å². The van der Waals surface area contributed by atoms with E-state index in [0.29, 0.717) is 29.0 Å². The Bertz CT molecular complexity index is 1130. The Morgan fingerprint density at radius 2 is 1.84 bits per heavy atom. The first-order chi connectivity index (χ1) is 15.0. The van der Waals surface area contributed by atoms with Gasteiger partial charge in [0.15, 0.2) is 0 Å². The van der Waals surface area contributed by atoms with E-state index in [2.05, 4.69) is 10.6 Å². The second kappa shape index (κ2) is 9.00. The molecule has 1 unspecified atom stereocenters. The van der Waals surface area contributed by atoms with Crippen molar-refractivity contribution in [2.45, 2.75) is 19.9 Å². The molecule has 1 atom stereocenters. The predicted octanol–water partition coefficient (Wildman–Crippen LogP) is 4.25. The molecule has 0 saturated heterocycles. The van der Waals surface area contributed by atoms with Crippen LogP contribution >= 0.6 is 0 Å². The maximum atomic E-state index is 13.8. The van der Waals surface area contributed by atoms with Crippen molar-refractivity contribution in [2.75, 3.05) is 11.9 Å². The number of benzene rings is 3. The summed E-state index contributed by atoms with van der Waals surface area (Å²) in [7, 11) is 0. The number of ether oxygens (including phenoxy) is 1. The molecule has 0 bridgehead atoms. The van der Waals surface area contributed by atoms with E-state index in [1.54, 1.807) is 36.4 Å². The fourth-order valence-corrected chi connectivity index (χ4v) is 3.64. The number of halogens is 1. The topological polar surface area (TPSA) is 67.4 Å². The van der Waals surface area contributed by atoms with Crippen molar-refractivity contribution >= 4 is 17.5 Å². The predicted molar refractivity (Wildman–Crippen MR) is 117 cm³/mol. The van der Waals surface area contributed by atoms with Crippen molar-refractivity contribution in [1.29, 1.82) is 0 Å². The number of nitrogens with one attached hydrogen (secondary N) is 2. The van der Waals surface area contributed by atoms with E-state index in [4.69, 9.17) is 4.74 Å². The third kappa shape index (κ3) is 4.74. The van der Waals surface area contributed by atoms with Crippen molar-refractivity contribution in [3.05, 3.63) is 94.8 Å². The molecule has 4 rings (SSSR count). The molecule has 6 heteroatoms. The highest BCUT2D eigenvalue weighted by molar-refractivity contribution is 6.05. The van der Waals surface area contributed by atoms with Crippen LogP contribution in [-0.2, 0) is 17.8 Å². The van der Waals surface area contributed by atoms with Gasteiger partial charge in [0, 0.05) is 23.4 Å². The number of aryl methyl sites for hydroxylation is 1. The van der Waals surface area contributed by atoms with Gasteiger partial charge in [0.1, 0.15) is 18.2 Å². The number of anilines is 1. The summed E-state index contributed by atoms with van der Waals surface area (Å²) in [5.74, 6) is -0.409. The molecule has 3 aromatic rings. The van der Waals surface area contributed by atoms with Crippen molar-refractivity contribution in [3.8, 4) is 5.75 Å². The van der Waals surface area contributed by atoms with E-state index in [-0.39, 0.29) is 36.7 Å². The van der Waals surface area contributed by atoms with Crippen LogP contribution in [0.25, 0.3) is 0 Å². The molecule has 1 heterocycles. The fraction of sp³-hybridized carbons (Fsp3) is 0.200. The van der Waals surface area contributed by atoms with Crippen molar-refractivity contribution in [1.82, 2.24) is 5.32 Å². The van der Waals surface area contributed by atoms with Gasteiger partial charge in [0.2, 0.25) is 5.91 Å². The van der Waals surface area contributed by atoms with Crippen molar-refractivity contribution < 1.29 is 18.7 Å². The van der Waals surface area contributed by atoms with Crippen LogP contribution in [0.15, 0.2) is 66.7 Å². The van der Waals surface area contributed by atoms with E-state index >= 15 is 0 Å². The SMILES string of the molecule is Cc1ccccc1C(=O)Nc1ccc2c(c1)CC(C(=O)NCc1ccccc1F)CO2. The highest BCUT2D eigenvalue weighted by Gasteiger charge is 2.26. The van der Waals surface area contributed by atoms with Gasteiger partial charge in [-0.05, 0) is 54.8 Å². The molecule has 0 fully saturated rings. The van der Waals surface area contributed by atoms with E-state index in [9.17, 15) is 14.0 Å². The Hall–Kier alpha value is -3.67. The minimum Gasteiger partial charge on any atom is -0.492 e. The van der Waals surface area contributed by atoms with Crippen LogP contribution in [0.4, 0.5) is 10.1 Å². The summed E-state index contributed by atoms with van der Waals surface area (Å²) in [4.78, 5) is 25.2. The molecule has 5 nitrogen and oxygen atoms in total. The molecule has 0 radical (unpaired) electrons. The van der Waals surface area contributed by atoms with Crippen LogP contribution in [0.2, 0.25) is 0 Å². The van der Waals surface area contributed by atoms with Crippen molar-refractivity contribution in [2.24, 2.45) is 5.92 Å². The molecular weight excluding hydrogens is 395 g/mol. The van der Waals surface area contributed by atoms with E-state index in [1.807, 2.05) is 31.2 Å². The van der Waals surface area contributed by atoms with Gasteiger partial charge in [-0.2, -0.15) is 0 Å². The van der Waals surface area contributed by atoms with E-state index < -0.39 is 0 Å². The van der Waals surface area contributed by atoms with Crippen LogP contribution < -0.4 is 15.4 Å². The molecule has 0 aromatic heterocycles. The van der Waals surface area contributed by atoms with Crippen LogP contribution in [0.1, 0.15) is 27.0 Å². The highest BCUT2D eigenvalue weighted by Crippen LogP contribution is 2.30. The monoisotopic (exact) mass is 418 g/mol. The maximum absolute atomic E-state index is 13.8. The lowest BCUT2D eigenvalue weighted by Gasteiger charge is -2.25. The van der Waals surface area contributed by atoms with Gasteiger partial charge < -0.3 is 15.4 Å². The molecule has 2 amide bonds. The van der Waals surface area contributed by atoms with Gasteiger partial charge in [-0.15, -0.1) is 0 Å². The maximum Gasteiger partial charge on any atom is 0.255 e. The van der Waals surface area contributed by atoms with E-state index in [1.165, 1.54) is 6.07 Å². The average Bonchev–Trinajstić information content (AvgIpc) is 2.78. The minimum atomic E-state index is -0.387. The highest BCUT2D eigenvalue weighted by atomic mass is 19.1. The third-order valence-electron chi connectivity index (χ3n) is 5.40. The smallest absolute Gasteiger partial charge is 0.255 e. The summed E-state index contributed by atoms with van der Waals surface area (Å²) in [5.41, 5.74) is 3.44. The average molecular weight is 418 g/mol. The summed E-state index contributed by atoms with van der Waals surface area (Å²) in [6.07, 6.45) is 0.479. The fourth-order valence-electron chi connectivity index (χ4n) is 3.64. The Balaban J connectivity index is 1.41. The van der Waals surface area contributed by atoms with Gasteiger partial charge in [-0.25, -0.2) is 4.39 Å². The molecule has 1 aliphatic rings. The minimum absolute atomic E-state index is 0.126. The Kier molecular flexibility index (Phi) is 5.98. The quantitative estimate of drug-likeness (QED) is 0.651. The number of hydrogen-bond acceptors (Lipinski definition) is 3. The van der Waals surface area contributed by atoms with Crippen LogP contribution in [0.5, 0.6) is 5.75 Å². The molecule has 0 aliphatic carbocycles. The number of amides is 2. The molecular formula is C25H23FN2O3. The van der Waals surface area contributed by atoms with Gasteiger partial charge >= 0.3 is 0 Å². The number of carbonyl (C=O) groups excluding carboxylic acids is 2. The van der Waals surface area contributed by atoms with Crippen LogP contribution in [-0.4, -0.2) is 18.4 Å². The zero-order chi connectivity index (χ0) is 21.8. The summed E-state index contributed by atoms with van der Waals surface area (Å²) in [5, 5.41) is 5.70. The Labute approximate surface area is 180 Å². The first kappa shape index (κ1) is 20.6. The molecule has 0 saturated carbocycles. The molecule has 0 spiro atoms. The van der Waals surface area contributed by atoms with Crippen molar-refractivity contribution in [3.63, 3.8) is 0 Å². The van der Waals surface area contributed by atoms with Gasteiger partial charge in [0.05, 0.1) is 5.92 Å². The standard InChI is InChI=1S/C25H23FN2O3/c1-16-6-2-4-8-21(16)25(30)28-20-10-11-23-18(13-20)12-19(15-31-23)24(29)27-14-17-7-3-5-9-22(17)26/h2-11,13,19H,12,14-15H2,1H3,(H,27,29)(H,28,30). The Morgan fingerprint density at radius 3 is 2.65 bits per heavy atom. The summed E-state index contributed by atoms with van der Waals surface area (Å²) >= 11 is 0. The lowest BCUT2D eigenvalue weighted by Crippen LogP contribution is -2.37. The first-order valence-corrected chi connectivity index (χ1v) is 10.1. The number of fused-ring (bicyclic) bond motifs is 1. The van der Waals surface area contributed by atoms with Gasteiger partial charge in [0.25, 0.3) is 5.91 Å². The summed E-state index contributed by atoms with van der Waals surface area (Å²) in [6.45, 7) is 2.27.